The van der Waals surface area contributed by atoms with E-state index in [1.807, 2.05) is 0 Å². The number of rotatable bonds is 3. The summed E-state index contributed by atoms with van der Waals surface area (Å²) >= 11 is 3.56. The van der Waals surface area contributed by atoms with Crippen LogP contribution in [0.4, 0.5) is 0 Å². The molecule has 2 rings (SSSR count). The maximum Gasteiger partial charge on any atom is 0.282 e. The molecule has 0 saturated heterocycles. The Morgan fingerprint density at radius 1 is 1.12 bits per heavy atom. The molecule has 1 aromatic carbocycles. The van der Waals surface area contributed by atoms with E-state index in [4.69, 9.17) is 6.57 Å². The van der Waals surface area contributed by atoms with Gasteiger partial charge in [-0.2, -0.15) is 0 Å². The van der Waals surface area contributed by atoms with Gasteiger partial charge < -0.3 is 0 Å². The average Bonchev–Trinajstić information content (AvgIpc) is 2.40. The van der Waals surface area contributed by atoms with Gasteiger partial charge in [0.25, 0.3) is 4.87 Å². The van der Waals surface area contributed by atoms with Crippen molar-refractivity contribution < 1.29 is 0 Å². The molecule has 0 radical (unpaired) electrons. The average molecular weight is 263 g/mol. The van der Waals surface area contributed by atoms with E-state index in [0.717, 1.165) is 12.8 Å². The molecule has 0 unspecified atom stereocenters. The Bertz CT molecular complexity index is 416. The molecule has 3 heteroatoms. The highest BCUT2D eigenvalue weighted by atomic mass is 32.2. The molecule has 1 aliphatic rings. The monoisotopic (exact) mass is 263 g/mol. The summed E-state index contributed by atoms with van der Waals surface area (Å²) in [5.41, 5.74) is 0. The lowest BCUT2D eigenvalue weighted by Gasteiger charge is -2.25. The van der Waals surface area contributed by atoms with Crippen molar-refractivity contribution in [2.75, 3.05) is 6.26 Å². The Hall–Kier alpha value is -0.590. The van der Waals surface area contributed by atoms with Crippen LogP contribution in [0.25, 0.3) is 4.85 Å². The van der Waals surface area contributed by atoms with E-state index in [1.165, 1.54) is 29.1 Å². The Labute approximate surface area is 112 Å². The molecule has 0 N–H and O–H groups in total. The molecule has 0 amide bonds. The van der Waals surface area contributed by atoms with Gasteiger partial charge in [-0.25, -0.2) is 6.57 Å². The molecule has 1 fully saturated rings. The number of hydrogen-bond acceptors (Lipinski definition) is 2. The molecule has 0 aromatic heterocycles. The smallest absolute Gasteiger partial charge is 0.282 e. The lowest BCUT2D eigenvalue weighted by Crippen LogP contribution is -2.23. The van der Waals surface area contributed by atoms with Crippen molar-refractivity contribution in [1.82, 2.24) is 0 Å². The second kappa shape index (κ2) is 5.84. The zero-order valence-corrected chi connectivity index (χ0v) is 11.7. The maximum absolute atomic E-state index is 7.52. The van der Waals surface area contributed by atoms with Gasteiger partial charge in [0.2, 0.25) is 0 Å². The first-order chi connectivity index (χ1) is 8.29. The van der Waals surface area contributed by atoms with Crippen LogP contribution in [-0.2, 0) is 0 Å². The number of thioether (sulfide) groups is 2. The normalized spacial score (nSPS) is 18.6. The lowest BCUT2D eigenvalue weighted by molar-refractivity contribution is 0.450. The fraction of sp³-hybridized carbons (Fsp3) is 0.500. The first-order valence-electron chi connectivity index (χ1n) is 6.00. The number of nitrogens with zero attached hydrogens (tertiary/aromatic N) is 1. The maximum atomic E-state index is 7.52. The minimum absolute atomic E-state index is 0.190. The van der Waals surface area contributed by atoms with Crippen molar-refractivity contribution >= 4 is 23.5 Å². The highest BCUT2D eigenvalue weighted by molar-refractivity contribution is 8.02. The fourth-order valence-corrected chi connectivity index (χ4v) is 4.37. The standard InChI is InChI=1S/C14H17NS2/c1-15-14(10-6-3-7-11-14)17-13-9-5-4-8-12(13)16-2/h4-5,8-9H,3,6-7,10-11H2,2H3. The topological polar surface area (TPSA) is 4.36 Å². The lowest BCUT2D eigenvalue weighted by atomic mass is 9.95. The van der Waals surface area contributed by atoms with Crippen molar-refractivity contribution in [3.05, 3.63) is 35.7 Å². The van der Waals surface area contributed by atoms with E-state index < -0.39 is 0 Å². The Balaban J connectivity index is 2.21. The van der Waals surface area contributed by atoms with E-state index in [2.05, 4.69) is 35.4 Å². The predicted molar refractivity (Wildman–Crippen MR) is 76.5 cm³/mol. The minimum atomic E-state index is -0.190. The fourth-order valence-electron chi connectivity index (χ4n) is 2.25. The molecule has 0 spiro atoms. The van der Waals surface area contributed by atoms with Crippen molar-refractivity contribution in [1.29, 1.82) is 0 Å². The predicted octanol–water partition coefficient (Wildman–Crippen LogP) is 5.08. The molecule has 1 saturated carbocycles. The van der Waals surface area contributed by atoms with Crippen molar-refractivity contribution in [3.63, 3.8) is 0 Å². The quantitative estimate of drug-likeness (QED) is 0.553. The molecule has 1 aromatic rings. The SMILES string of the molecule is [C-]#[N+]C1(Sc2ccccc2SC)CCCCC1. The molecule has 0 bridgehead atoms. The molecule has 90 valence electrons. The van der Waals surface area contributed by atoms with E-state index in [1.54, 1.807) is 23.5 Å². The van der Waals surface area contributed by atoms with E-state index in [-0.39, 0.29) is 4.87 Å². The van der Waals surface area contributed by atoms with Gasteiger partial charge in [-0.15, -0.1) is 11.8 Å². The largest absolute Gasteiger partial charge is 0.298 e. The summed E-state index contributed by atoms with van der Waals surface area (Å²) in [6, 6.07) is 8.44. The molecule has 0 atom stereocenters. The van der Waals surface area contributed by atoms with Crippen LogP contribution in [0.15, 0.2) is 34.1 Å². The van der Waals surface area contributed by atoms with Crippen LogP contribution in [0.3, 0.4) is 0 Å². The van der Waals surface area contributed by atoms with Gasteiger partial charge in [-0.1, -0.05) is 18.6 Å². The summed E-state index contributed by atoms with van der Waals surface area (Å²) < 4.78 is 0. The van der Waals surface area contributed by atoms with Crippen molar-refractivity contribution in [2.24, 2.45) is 0 Å². The van der Waals surface area contributed by atoms with Crippen LogP contribution in [0.1, 0.15) is 32.1 Å². The van der Waals surface area contributed by atoms with Gasteiger partial charge in [0.1, 0.15) is 0 Å². The summed E-state index contributed by atoms with van der Waals surface area (Å²) in [7, 11) is 0. The second-order valence-corrected chi connectivity index (χ2v) is 6.62. The van der Waals surface area contributed by atoms with Gasteiger partial charge in [-0.3, -0.25) is 4.85 Å². The van der Waals surface area contributed by atoms with Crippen LogP contribution < -0.4 is 0 Å². The highest BCUT2D eigenvalue weighted by Gasteiger charge is 2.39. The first kappa shape index (κ1) is 12.9. The van der Waals surface area contributed by atoms with Crippen LogP contribution >= 0.6 is 23.5 Å². The third kappa shape index (κ3) is 3.00. The second-order valence-electron chi connectivity index (χ2n) is 4.37. The van der Waals surface area contributed by atoms with Gasteiger partial charge in [0.15, 0.2) is 0 Å². The van der Waals surface area contributed by atoms with Gasteiger partial charge in [-0.05, 0) is 43.0 Å². The van der Waals surface area contributed by atoms with E-state index in [0.29, 0.717) is 0 Å². The van der Waals surface area contributed by atoms with E-state index >= 15 is 0 Å². The molecule has 0 heterocycles. The summed E-state index contributed by atoms with van der Waals surface area (Å²) in [6.45, 7) is 7.52. The molecule has 17 heavy (non-hydrogen) atoms. The highest BCUT2D eigenvalue weighted by Crippen LogP contribution is 2.47. The van der Waals surface area contributed by atoms with Crippen LogP contribution in [0, 0.1) is 6.57 Å². The Morgan fingerprint density at radius 2 is 1.76 bits per heavy atom. The molecular formula is C14H17NS2. The molecular weight excluding hydrogens is 246 g/mol. The van der Waals surface area contributed by atoms with Crippen molar-refractivity contribution in [2.45, 2.75) is 46.8 Å². The van der Waals surface area contributed by atoms with E-state index in [9.17, 15) is 0 Å². The van der Waals surface area contributed by atoms with Crippen LogP contribution in [-0.4, -0.2) is 11.1 Å². The third-order valence-electron chi connectivity index (χ3n) is 3.21. The van der Waals surface area contributed by atoms with Crippen LogP contribution in [0.5, 0.6) is 0 Å². The zero-order chi connectivity index (χ0) is 12.1. The Morgan fingerprint density at radius 3 is 2.35 bits per heavy atom. The van der Waals surface area contributed by atoms with Gasteiger partial charge in [0.05, 0.1) is 0 Å². The minimum Gasteiger partial charge on any atom is -0.298 e. The van der Waals surface area contributed by atoms with Crippen molar-refractivity contribution in [3.8, 4) is 0 Å². The molecule has 1 nitrogen and oxygen atoms in total. The summed E-state index contributed by atoms with van der Waals surface area (Å²) in [5, 5.41) is 0. The summed E-state index contributed by atoms with van der Waals surface area (Å²) in [5.74, 6) is 0. The van der Waals surface area contributed by atoms with Gasteiger partial charge >= 0.3 is 0 Å². The third-order valence-corrected chi connectivity index (χ3v) is 5.59. The summed E-state index contributed by atoms with van der Waals surface area (Å²) in [6.07, 6.45) is 7.90. The molecule has 1 aliphatic carbocycles. The Kier molecular flexibility index (Phi) is 4.42. The first-order valence-corrected chi connectivity index (χ1v) is 8.04. The van der Waals surface area contributed by atoms with Gasteiger partial charge in [0, 0.05) is 22.6 Å². The van der Waals surface area contributed by atoms with Crippen LogP contribution in [0.2, 0.25) is 0 Å². The number of hydrogen-bond donors (Lipinski definition) is 0. The number of benzene rings is 1. The molecule has 0 aliphatic heterocycles. The zero-order valence-electron chi connectivity index (χ0n) is 10.1. The summed E-state index contributed by atoms with van der Waals surface area (Å²) in [4.78, 5) is 6.34.